The van der Waals surface area contributed by atoms with Gasteiger partial charge in [-0.3, -0.25) is 4.79 Å². The molecule has 1 atom stereocenters. The Kier molecular flexibility index (Phi) is 4.88. The Morgan fingerprint density at radius 1 is 1.38 bits per heavy atom. The smallest absolute Gasteiger partial charge is 0.352 e. The Labute approximate surface area is 121 Å². The predicted molar refractivity (Wildman–Crippen MR) is 74.2 cm³/mol. The lowest BCUT2D eigenvalue weighted by molar-refractivity contribution is -0.136. The Morgan fingerprint density at radius 2 is 2.14 bits per heavy atom. The molecule has 0 fully saturated rings. The largest absolute Gasteiger partial charge is 0.389 e. The highest BCUT2D eigenvalue weighted by Crippen LogP contribution is 2.28. The molecule has 0 spiro atoms. The lowest BCUT2D eigenvalue weighted by Crippen LogP contribution is -2.24. The fourth-order valence-corrected chi connectivity index (χ4v) is 2.60. The summed E-state index contributed by atoms with van der Waals surface area (Å²) < 4.78 is 37.1. The molecule has 0 bridgehead atoms. The molecule has 1 aromatic rings. The molecular formula is C15H19F3N2O. The number of rotatable bonds is 4. The summed E-state index contributed by atoms with van der Waals surface area (Å²) in [7, 11) is 1.63. The molecule has 0 aliphatic carbocycles. The molecule has 0 radical (unpaired) electrons. The van der Waals surface area contributed by atoms with Gasteiger partial charge in [-0.1, -0.05) is 12.1 Å². The molecule has 1 aliphatic heterocycles. The van der Waals surface area contributed by atoms with Crippen molar-refractivity contribution in [2.45, 2.75) is 37.9 Å². The van der Waals surface area contributed by atoms with Gasteiger partial charge < -0.3 is 10.6 Å². The Bertz CT molecular complexity index is 514. The van der Waals surface area contributed by atoms with Crippen molar-refractivity contribution in [1.82, 2.24) is 10.6 Å². The number of hydrogen-bond acceptors (Lipinski definition) is 2. The SMILES string of the molecule is CNC(CCC(F)(F)F)c1ccc2c(c1)C(=O)NCCC2. The predicted octanol–water partition coefficient (Wildman–Crippen LogP) is 2.97. The minimum atomic E-state index is -4.17. The normalized spacial score (nSPS) is 16.9. The van der Waals surface area contributed by atoms with E-state index in [1.807, 2.05) is 12.1 Å². The zero-order valence-corrected chi connectivity index (χ0v) is 11.9. The number of amides is 1. The van der Waals surface area contributed by atoms with E-state index in [1.165, 1.54) is 0 Å². The molecule has 0 saturated carbocycles. The highest BCUT2D eigenvalue weighted by atomic mass is 19.4. The quantitative estimate of drug-likeness (QED) is 0.897. The summed E-state index contributed by atoms with van der Waals surface area (Å²) in [6.45, 7) is 0.631. The molecule has 2 rings (SSSR count). The number of halogens is 3. The molecule has 0 saturated heterocycles. The van der Waals surface area contributed by atoms with Crippen LogP contribution in [0.1, 0.15) is 46.8 Å². The van der Waals surface area contributed by atoms with Gasteiger partial charge in [-0.2, -0.15) is 13.2 Å². The third-order valence-corrected chi connectivity index (χ3v) is 3.75. The van der Waals surface area contributed by atoms with Gasteiger partial charge in [0.25, 0.3) is 5.91 Å². The van der Waals surface area contributed by atoms with Crippen LogP contribution in [0.2, 0.25) is 0 Å². The van der Waals surface area contributed by atoms with Crippen LogP contribution in [0, 0.1) is 0 Å². The van der Waals surface area contributed by atoms with Crippen LogP contribution in [0.25, 0.3) is 0 Å². The third kappa shape index (κ3) is 4.20. The number of aryl methyl sites for hydroxylation is 1. The Balaban J connectivity index is 2.20. The number of hydrogen-bond donors (Lipinski definition) is 2. The second-order valence-corrected chi connectivity index (χ2v) is 5.27. The van der Waals surface area contributed by atoms with E-state index in [0.29, 0.717) is 12.1 Å². The van der Waals surface area contributed by atoms with Crippen LogP contribution in [-0.4, -0.2) is 25.7 Å². The fourth-order valence-electron chi connectivity index (χ4n) is 2.60. The monoisotopic (exact) mass is 300 g/mol. The van der Waals surface area contributed by atoms with Crippen LogP contribution in [0.5, 0.6) is 0 Å². The molecule has 1 amide bonds. The van der Waals surface area contributed by atoms with E-state index < -0.39 is 18.6 Å². The molecule has 1 aromatic carbocycles. The van der Waals surface area contributed by atoms with E-state index >= 15 is 0 Å². The van der Waals surface area contributed by atoms with Crippen LogP contribution in [-0.2, 0) is 6.42 Å². The maximum absolute atomic E-state index is 12.4. The average molecular weight is 300 g/mol. The number of alkyl halides is 3. The first kappa shape index (κ1) is 15.8. The summed E-state index contributed by atoms with van der Waals surface area (Å²) in [6, 6.07) is 4.98. The van der Waals surface area contributed by atoms with E-state index in [4.69, 9.17) is 0 Å². The van der Waals surface area contributed by atoms with Gasteiger partial charge in [0.15, 0.2) is 0 Å². The molecule has 1 unspecified atom stereocenters. The summed E-state index contributed by atoms with van der Waals surface area (Å²) in [5, 5.41) is 5.70. The van der Waals surface area contributed by atoms with E-state index in [9.17, 15) is 18.0 Å². The first-order valence-electron chi connectivity index (χ1n) is 7.06. The number of carbonyl (C=O) groups excluding carboxylic acids is 1. The van der Waals surface area contributed by atoms with Gasteiger partial charge in [0.2, 0.25) is 0 Å². The van der Waals surface area contributed by atoms with Crippen LogP contribution in [0.3, 0.4) is 0 Å². The molecule has 0 aromatic heterocycles. The van der Waals surface area contributed by atoms with Gasteiger partial charge in [-0.15, -0.1) is 0 Å². The van der Waals surface area contributed by atoms with Crippen molar-refractivity contribution in [2.75, 3.05) is 13.6 Å². The van der Waals surface area contributed by atoms with Gasteiger partial charge >= 0.3 is 6.18 Å². The summed E-state index contributed by atoms with van der Waals surface area (Å²) in [4.78, 5) is 12.0. The van der Waals surface area contributed by atoms with Crippen molar-refractivity contribution in [3.8, 4) is 0 Å². The van der Waals surface area contributed by atoms with Gasteiger partial charge in [0.1, 0.15) is 0 Å². The maximum Gasteiger partial charge on any atom is 0.389 e. The van der Waals surface area contributed by atoms with Gasteiger partial charge in [-0.25, -0.2) is 0 Å². The van der Waals surface area contributed by atoms with E-state index in [0.717, 1.165) is 24.0 Å². The second kappa shape index (κ2) is 6.47. The first-order chi connectivity index (χ1) is 9.90. The van der Waals surface area contributed by atoms with Gasteiger partial charge in [0, 0.05) is 24.6 Å². The number of fused-ring (bicyclic) bond motifs is 1. The third-order valence-electron chi connectivity index (χ3n) is 3.75. The molecule has 21 heavy (non-hydrogen) atoms. The Hall–Kier alpha value is -1.56. The van der Waals surface area contributed by atoms with Crippen molar-refractivity contribution in [3.63, 3.8) is 0 Å². The molecule has 3 nitrogen and oxygen atoms in total. The first-order valence-corrected chi connectivity index (χ1v) is 7.06. The van der Waals surface area contributed by atoms with E-state index in [2.05, 4.69) is 10.6 Å². The van der Waals surface area contributed by atoms with E-state index in [1.54, 1.807) is 13.1 Å². The topological polar surface area (TPSA) is 41.1 Å². The Morgan fingerprint density at radius 3 is 2.81 bits per heavy atom. The van der Waals surface area contributed by atoms with Gasteiger partial charge in [0.05, 0.1) is 0 Å². The zero-order chi connectivity index (χ0) is 15.5. The van der Waals surface area contributed by atoms with Crippen LogP contribution >= 0.6 is 0 Å². The minimum Gasteiger partial charge on any atom is -0.352 e. The molecule has 1 heterocycles. The van der Waals surface area contributed by atoms with Crippen molar-refractivity contribution in [3.05, 3.63) is 34.9 Å². The van der Waals surface area contributed by atoms with Crippen molar-refractivity contribution < 1.29 is 18.0 Å². The number of carbonyl (C=O) groups is 1. The van der Waals surface area contributed by atoms with Crippen molar-refractivity contribution >= 4 is 5.91 Å². The number of nitrogens with one attached hydrogen (secondary N) is 2. The number of benzene rings is 1. The zero-order valence-electron chi connectivity index (χ0n) is 11.9. The maximum atomic E-state index is 12.4. The average Bonchev–Trinajstić information content (AvgIpc) is 2.60. The fraction of sp³-hybridized carbons (Fsp3) is 0.533. The molecule has 116 valence electrons. The second-order valence-electron chi connectivity index (χ2n) is 5.27. The molecule has 2 N–H and O–H groups in total. The summed E-state index contributed by atoms with van der Waals surface area (Å²) in [6.07, 6.45) is -3.37. The molecule has 1 aliphatic rings. The minimum absolute atomic E-state index is 0.0413. The van der Waals surface area contributed by atoms with Crippen LogP contribution in [0.4, 0.5) is 13.2 Å². The van der Waals surface area contributed by atoms with Crippen LogP contribution in [0.15, 0.2) is 18.2 Å². The van der Waals surface area contributed by atoms with Crippen molar-refractivity contribution in [1.29, 1.82) is 0 Å². The van der Waals surface area contributed by atoms with E-state index in [-0.39, 0.29) is 12.3 Å². The van der Waals surface area contributed by atoms with Gasteiger partial charge in [-0.05, 0) is 43.5 Å². The standard InChI is InChI=1S/C15H19F3N2O/c1-19-13(6-7-15(16,17)18)11-5-4-10-3-2-8-20-14(21)12(10)9-11/h4-5,9,13,19H,2-3,6-8H2,1H3,(H,20,21). The summed E-state index contributed by atoms with van der Waals surface area (Å²) in [5.41, 5.74) is 2.26. The summed E-state index contributed by atoms with van der Waals surface area (Å²) >= 11 is 0. The summed E-state index contributed by atoms with van der Waals surface area (Å²) in [5.74, 6) is -0.143. The molecular weight excluding hydrogens is 281 g/mol. The lowest BCUT2D eigenvalue weighted by atomic mass is 9.95. The lowest BCUT2D eigenvalue weighted by Gasteiger charge is -2.19. The van der Waals surface area contributed by atoms with Crippen molar-refractivity contribution in [2.24, 2.45) is 0 Å². The highest BCUT2D eigenvalue weighted by molar-refractivity contribution is 5.96. The highest BCUT2D eigenvalue weighted by Gasteiger charge is 2.28. The molecule has 6 heteroatoms. The van der Waals surface area contributed by atoms with Crippen LogP contribution < -0.4 is 10.6 Å².